The number of anilines is 2. The fourth-order valence-electron chi connectivity index (χ4n) is 4.70. The highest BCUT2D eigenvalue weighted by Crippen LogP contribution is 2.39. The van der Waals surface area contributed by atoms with Gasteiger partial charge in [-0.05, 0) is 25.3 Å². The third-order valence-corrected chi connectivity index (χ3v) is 6.22. The van der Waals surface area contributed by atoms with Gasteiger partial charge in [-0.1, -0.05) is 19.8 Å². The van der Waals surface area contributed by atoms with Crippen LogP contribution < -0.4 is 9.80 Å². The molecule has 0 unspecified atom stereocenters. The standard InChI is InChI=1S/C22H24FN7O/c1-3-17-21(31)28(2)18-13-26-22(27-20(18)30(17)16-6-4-5-7-16)29-9-8-25-19(29)14-10-15(23)12-24-11-14/h8-13,16-17H,3-7H2,1-2H3/t17-/m1/s1. The van der Waals surface area contributed by atoms with Crippen molar-refractivity contribution in [1.82, 2.24) is 24.5 Å². The molecule has 1 aliphatic heterocycles. The SMILES string of the molecule is CC[C@@H]1C(=O)N(C)c2cnc(-n3ccnc3-c3cncc(F)c3)nc2N1C1CCCC1. The zero-order valence-corrected chi connectivity index (χ0v) is 17.6. The van der Waals surface area contributed by atoms with Gasteiger partial charge in [0.1, 0.15) is 23.4 Å². The Hall–Kier alpha value is -3.36. The fourth-order valence-corrected chi connectivity index (χ4v) is 4.70. The zero-order chi connectivity index (χ0) is 21.5. The summed E-state index contributed by atoms with van der Waals surface area (Å²) < 4.78 is 15.5. The lowest BCUT2D eigenvalue weighted by Gasteiger charge is -2.43. The lowest BCUT2D eigenvalue weighted by Crippen LogP contribution is -2.55. The van der Waals surface area contributed by atoms with Crippen molar-refractivity contribution in [3.8, 4) is 17.3 Å². The van der Waals surface area contributed by atoms with Crippen molar-refractivity contribution in [2.45, 2.75) is 51.1 Å². The summed E-state index contributed by atoms with van der Waals surface area (Å²) in [6.07, 6.45) is 12.9. The lowest BCUT2D eigenvalue weighted by molar-refractivity contribution is -0.120. The largest absolute Gasteiger partial charge is 0.340 e. The van der Waals surface area contributed by atoms with Crippen molar-refractivity contribution in [2.75, 3.05) is 16.8 Å². The van der Waals surface area contributed by atoms with E-state index in [1.54, 1.807) is 41.3 Å². The quantitative estimate of drug-likeness (QED) is 0.643. The number of rotatable bonds is 4. The molecule has 3 aromatic rings. The van der Waals surface area contributed by atoms with Crippen LogP contribution in [0.4, 0.5) is 15.9 Å². The Morgan fingerprint density at radius 1 is 1.16 bits per heavy atom. The van der Waals surface area contributed by atoms with E-state index in [1.807, 2.05) is 6.92 Å². The molecule has 160 valence electrons. The molecule has 0 aromatic carbocycles. The first-order chi connectivity index (χ1) is 15.1. The van der Waals surface area contributed by atoms with Crippen molar-refractivity contribution >= 4 is 17.4 Å². The fraction of sp³-hybridized carbons (Fsp3) is 0.409. The predicted molar refractivity (Wildman–Crippen MR) is 115 cm³/mol. The molecule has 9 heteroatoms. The number of hydrogen-bond donors (Lipinski definition) is 0. The third-order valence-electron chi connectivity index (χ3n) is 6.22. The average molecular weight is 421 g/mol. The second-order valence-corrected chi connectivity index (χ2v) is 8.06. The molecule has 0 spiro atoms. The van der Waals surface area contributed by atoms with E-state index >= 15 is 0 Å². The Labute approximate surface area is 179 Å². The topological polar surface area (TPSA) is 80.0 Å². The van der Waals surface area contributed by atoms with Gasteiger partial charge in [0.15, 0.2) is 5.82 Å². The van der Waals surface area contributed by atoms with Gasteiger partial charge in [-0.25, -0.2) is 14.4 Å². The summed E-state index contributed by atoms with van der Waals surface area (Å²) in [4.78, 5) is 34.6. The van der Waals surface area contributed by atoms with Gasteiger partial charge in [-0.2, -0.15) is 4.98 Å². The van der Waals surface area contributed by atoms with E-state index in [2.05, 4.69) is 19.9 Å². The number of likely N-dealkylation sites (N-methyl/N-ethyl adjacent to an activating group) is 1. The minimum atomic E-state index is -0.434. The molecule has 31 heavy (non-hydrogen) atoms. The average Bonchev–Trinajstić information content (AvgIpc) is 3.48. The van der Waals surface area contributed by atoms with Crippen molar-refractivity contribution in [3.63, 3.8) is 0 Å². The summed E-state index contributed by atoms with van der Waals surface area (Å²) >= 11 is 0. The number of halogens is 1. The van der Waals surface area contributed by atoms with Crippen molar-refractivity contribution in [1.29, 1.82) is 0 Å². The van der Waals surface area contributed by atoms with Gasteiger partial charge in [-0.15, -0.1) is 0 Å². The lowest BCUT2D eigenvalue weighted by atomic mass is 10.0. The number of pyridine rings is 1. The molecule has 1 saturated carbocycles. The minimum absolute atomic E-state index is 0.0763. The van der Waals surface area contributed by atoms with Crippen LogP contribution in [0.2, 0.25) is 0 Å². The second kappa shape index (κ2) is 7.72. The van der Waals surface area contributed by atoms with Crippen LogP contribution in [0.5, 0.6) is 0 Å². The number of hydrogen-bond acceptors (Lipinski definition) is 6. The molecule has 5 rings (SSSR count). The first kappa shape index (κ1) is 19.6. The smallest absolute Gasteiger partial charge is 0.249 e. The van der Waals surface area contributed by atoms with Gasteiger partial charge in [-0.3, -0.25) is 14.3 Å². The highest BCUT2D eigenvalue weighted by Gasteiger charge is 2.41. The Kier molecular flexibility index (Phi) is 4.88. The van der Waals surface area contributed by atoms with Crippen LogP contribution in [0.25, 0.3) is 17.3 Å². The molecule has 4 heterocycles. The zero-order valence-electron chi connectivity index (χ0n) is 17.6. The van der Waals surface area contributed by atoms with Crippen LogP contribution in [0.1, 0.15) is 39.0 Å². The van der Waals surface area contributed by atoms with E-state index in [4.69, 9.17) is 4.98 Å². The molecule has 1 fully saturated rings. The number of nitrogens with zero attached hydrogens (tertiary/aromatic N) is 7. The van der Waals surface area contributed by atoms with Gasteiger partial charge in [0.25, 0.3) is 0 Å². The molecular weight excluding hydrogens is 397 g/mol. The maximum Gasteiger partial charge on any atom is 0.249 e. The Morgan fingerprint density at radius 3 is 2.71 bits per heavy atom. The first-order valence-electron chi connectivity index (χ1n) is 10.7. The Morgan fingerprint density at radius 2 is 1.97 bits per heavy atom. The number of carbonyl (C=O) groups is 1. The number of amides is 1. The molecular formula is C22H24FN7O. The van der Waals surface area contributed by atoms with Gasteiger partial charge < -0.3 is 9.80 Å². The Bertz CT molecular complexity index is 1120. The number of imidazole rings is 1. The number of fused-ring (bicyclic) bond motifs is 1. The number of carbonyl (C=O) groups excluding carboxylic acids is 1. The molecule has 3 aromatic heterocycles. The maximum atomic E-state index is 13.7. The normalized spacial score (nSPS) is 19.2. The molecule has 0 bridgehead atoms. The van der Waals surface area contributed by atoms with Crippen LogP contribution in [-0.4, -0.2) is 49.5 Å². The Balaban J connectivity index is 1.63. The molecule has 8 nitrogen and oxygen atoms in total. The molecule has 1 aliphatic carbocycles. The van der Waals surface area contributed by atoms with Crippen molar-refractivity contribution in [3.05, 3.63) is 42.9 Å². The molecule has 2 aliphatic rings. The first-order valence-corrected chi connectivity index (χ1v) is 10.7. The van der Waals surface area contributed by atoms with E-state index in [1.165, 1.54) is 6.07 Å². The van der Waals surface area contributed by atoms with Crippen LogP contribution >= 0.6 is 0 Å². The van der Waals surface area contributed by atoms with Gasteiger partial charge in [0, 0.05) is 37.2 Å². The summed E-state index contributed by atoms with van der Waals surface area (Å²) in [6.45, 7) is 2.04. The second-order valence-electron chi connectivity index (χ2n) is 8.06. The summed E-state index contributed by atoms with van der Waals surface area (Å²) in [5, 5.41) is 0. The molecule has 0 radical (unpaired) electrons. The van der Waals surface area contributed by atoms with Crippen molar-refractivity contribution < 1.29 is 9.18 Å². The molecule has 1 atom stereocenters. The van der Waals surface area contributed by atoms with Gasteiger partial charge in [0.05, 0.1) is 12.4 Å². The van der Waals surface area contributed by atoms with Gasteiger partial charge in [0.2, 0.25) is 11.9 Å². The summed E-state index contributed by atoms with van der Waals surface area (Å²) in [5.74, 6) is 1.34. The van der Waals surface area contributed by atoms with Gasteiger partial charge >= 0.3 is 0 Å². The predicted octanol–water partition coefficient (Wildman–Crippen LogP) is 3.37. The van der Waals surface area contributed by atoms with E-state index in [9.17, 15) is 9.18 Å². The van der Waals surface area contributed by atoms with Crippen LogP contribution in [0.15, 0.2) is 37.1 Å². The molecule has 1 amide bonds. The monoisotopic (exact) mass is 421 g/mol. The third kappa shape index (κ3) is 3.24. The summed E-state index contributed by atoms with van der Waals surface area (Å²) in [6, 6.07) is 1.44. The van der Waals surface area contributed by atoms with Crippen molar-refractivity contribution in [2.24, 2.45) is 0 Å². The summed E-state index contributed by atoms with van der Waals surface area (Å²) in [5.41, 5.74) is 1.25. The maximum absolute atomic E-state index is 13.7. The minimum Gasteiger partial charge on any atom is -0.340 e. The van der Waals surface area contributed by atoms with Crippen LogP contribution in [0.3, 0.4) is 0 Å². The van der Waals surface area contributed by atoms with Crippen LogP contribution in [0, 0.1) is 5.82 Å². The highest BCUT2D eigenvalue weighted by molar-refractivity contribution is 6.04. The van der Waals surface area contributed by atoms with Crippen LogP contribution in [-0.2, 0) is 4.79 Å². The van der Waals surface area contributed by atoms with E-state index in [-0.39, 0.29) is 11.9 Å². The van der Waals surface area contributed by atoms with E-state index < -0.39 is 5.82 Å². The van der Waals surface area contributed by atoms with E-state index in [0.29, 0.717) is 35.5 Å². The van der Waals surface area contributed by atoms with E-state index in [0.717, 1.165) is 37.7 Å². The molecule has 0 N–H and O–H groups in total. The summed E-state index contributed by atoms with van der Waals surface area (Å²) in [7, 11) is 1.78. The molecule has 0 saturated heterocycles. The highest BCUT2D eigenvalue weighted by atomic mass is 19.1. The number of aromatic nitrogens is 5.